The second kappa shape index (κ2) is 6.29. The lowest BCUT2D eigenvalue weighted by Gasteiger charge is -2.43. The highest BCUT2D eigenvalue weighted by molar-refractivity contribution is 7.11. The summed E-state index contributed by atoms with van der Waals surface area (Å²) < 4.78 is 0. The second-order valence-corrected chi connectivity index (χ2v) is 9.39. The van der Waals surface area contributed by atoms with Crippen LogP contribution in [0.15, 0.2) is 35.0 Å². The molecule has 0 spiro atoms. The molecule has 0 saturated carbocycles. The average molecular weight is 357 g/mol. The van der Waals surface area contributed by atoms with E-state index in [1.54, 1.807) is 22.7 Å². The molecule has 2 saturated heterocycles. The van der Waals surface area contributed by atoms with Gasteiger partial charge in [0.25, 0.3) is 0 Å². The normalized spacial score (nSPS) is 30.4. The molecule has 0 aromatic carbocycles. The van der Waals surface area contributed by atoms with E-state index in [9.17, 15) is 5.26 Å². The molecule has 4 heterocycles. The Kier molecular flexibility index (Phi) is 4.28. The first-order valence-electron chi connectivity index (χ1n) is 8.87. The molecule has 4 heteroatoms. The minimum Gasteiger partial charge on any atom is -0.300 e. The summed E-state index contributed by atoms with van der Waals surface area (Å²) in [5.41, 5.74) is -0.462. The van der Waals surface area contributed by atoms with Gasteiger partial charge in [0.15, 0.2) is 0 Å². The summed E-state index contributed by atoms with van der Waals surface area (Å²) >= 11 is 3.47. The third-order valence-corrected chi connectivity index (χ3v) is 8.53. The van der Waals surface area contributed by atoms with E-state index in [2.05, 4.69) is 60.0 Å². The van der Waals surface area contributed by atoms with Crippen LogP contribution in [0.3, 0.4) is 0 Å². The maximum absolute atomic E-state index is 10.3. The van der Waals surface area contributed by atoms with Crippen LogP contribution in [0.25, 0.3) is 0 Å². The fourth-order valence-corrected chi connectivity index (χ4v) is 6.89. The minimum atomic E-state index is -0.462. The third-order valence-electron chi connectivity index (χ3n) is 6.46. The largest absolute Gasteiger partial charge is 0.300 e. The molecular weight excluding hydrogens is 332 g/mol. The maximum atomic E-state index is 10.3. The molecule has 4 atom stereocenters. The lowest BCUT2D eigenvalue weighted by molar-refractivity contribution is 0.0681. The first-order chi connectivity index (χ1) is 11.7. The number of thiophene rings is 2. The Morgan fingerprint density at radius 1 is 1.21 bits per heavy atom. The van der Waals surface area contributed by atoms with Gasteiger partial charge in [-0.3, -0.25) is 0 Å². The molecule has 0 radical (unpaired) electrons. The van der Waals surface area contributed by atoms with Crippen LogP contribution in [0, 0.1) is 23.2 Å². The third kappa shape index (κ3) is 2.45. The highest BCUT2D eigenvalue weighted by Crippen LogP contribution is 2.49. The molecule has 0 aliphatic carbocycles. The Hall–Kier alpha value is -1.15. The summed E-state index contributed by atoms with van der Waals surface area (Å²) in [6.07, 6.45) is 4.87. The first kappa shape index (κ1) is 16.3. The van der Waals surface area contributed by atoms with Crippen molar-refractivity contribution in [1.82, 2.24) is 4.90 Å². The molecule has 2 aromatic heterocycles. The number of rotatable bonds is 4. The number of hydrogen-bond donors (Lipinski definition) is 0. The van der Waals surface area contributed by atoms with Crippen molar-refractivity contribution in [2.75, 3.05) is 7.05 Å². The van der Waals surface area contributed by atoms with E-state index < -0.39 is 5.41 Å². The highest BCUT2D eigenvalue weighted by atomic mass is 32.1. The van der Waals surface area contributed by atoms with Gasteiger partial charge in [-0.15, -0.1) is 22.7 Å². The standard InChI is InChI=1S/C20H24N2S2/c1-14-15(11-16-7-8-17(14)22(16)2)12-20(13-21,18-5-3-9-23-18)19-6-4-10-24-19/h3-6,9-10,14-17H,7-8,11-12H2,1-2H3. The summed E-state index contributed by atoms with van der Waals surface area (Å²) in [6.45, 7) is 2.42. The van der Waals surface area contributed by atoms with Gasteiger partial charge in [0.05, 0.1) is 6.07 Å². The molecular formula is C20H24N2S2. The predicted octanol–water partition coefficient (Wildman–Crippen LogP) is 5.13. The van der Waals surface area contributed by atoms with Gasteiger partial charge in [0, 0.05) is 21.8 Å². The van der Waals surface area contributed by atoms with Crippen molar-refractivity contribution in [3.05, 3.63) is 44.8 Å². The Morgan fingerprint density at radius 2 is 1.88 bits per heavy atom. The lowest BCUT2D eigenvalue weighted by Crippen LogP contribution is -2.47. The van der Waals surface area contributed by atoms with Crippen molar-refractivity contribution in [3.8, 4) is 6.07 Å². The predicted molar refractivity (Wildman–Crippen MR) is 101 cm³/mol. The number of fused-ring (bicyclic) bond motifs is 2. The van der Waals surface area contributed by atoms with Crippen molar-refractivity contribution >= 4 is 22.7 Å². The van der Waals surface area contributed by atoms with E-state index in [0.29, 0.717) is 17.9 Å². The van der Waals surface area contributed by atoms with E-state index in [4.69, 9.17) is 0 Å². The van der Waals surface area contributed by atoms with Crippen LogP contribution in [0.4, 0.5) is 0 Å². The molecule has 0 amide bonds. The van der Waals surface area contributed by atoms with Crippen molar-refractivity contribution in [3.63, 3.8) is 0 Å². The van der Waals surface area contributed by atoms with Crippen molar-refractivity contribution < 1.29 is 0 Å². The second-order valence-electron chi connectivity index (χ2n) is 7.49. The van der Waals surface area contributed by atoms with Gasteiger partial charge in [-0.1, -0.05) is 19.1 Å². The van der Waals surface area contributed by atoms with Crippen LogP contribution in [0.2, 0.25) is 0 Å². The Balaban J connectivity index is 1.70. The van der Waals surface area contributed by atoms with Gasteiger partial charge >= 0.3 is 0 Å². The van der Waals surface area contributed by atoms with E-state index in [1.807, 2.05) is 0 Å². The van der Waals surface area contributed by atoms with Crippen LogP contribution >= 0.6 is 22.7 Å². The molecule has 4 rings (SSSR count). The summed E-state index contributed by atoms with van der Waals surface area (Å²) in [5.74, 6) is 1.30. The van der Waals surface area contributed by atoms with Crippen molar-refractivity contribution in [2.45, 2.75) is 50.1 Å². The van der Waals surface area contributed by atoms with Crippen LogP contribution in [-0.2, 0) is 5.41 Å². The number of nitriles is 1. The molecule has 2 aromatic rings. The van der Waals surface area contributed by atoms with Gasteiger partial charge in [0.2, 0.25) is 0 Å². The first-order valence-corrected chi connectivity index (χ1v) is 10.6. The lowest BCUT2D eigenvalue weighted by atomic mass is 9.70. The van der Waals surface area contributed by atoms with Crippen molar-refractivity contribution in [1.29, 1.82) is 5.26 Å². The van der Waals surface area contributed by atoms with E-state index in [-0.39, 0.29) is 0 Å². The molecule has 4 unspecified atom stereocenters. The summed E-state index contributed by atoms with van der Waals surface area (Å²) in [7, 11) is 2.30. The fourth-order valence-electron chi connectivity index (χ4n) is 5.02. The van der Waals surface area contributed by atoms with E-state index >= 15 is 0 Å². The molecule has 2 bridgehead atoms. The van der Waals surface area contributed by atoms with Gasteiger partial charge in [-0.05, 0) is 67.5 Å². The zero-order valence-corrected chi connectivity index (χ0v) is 15.9. The quantitative estimate of drug-likeness (QED) is 0.759. The van der Waals surface area contributed by atoms with Crippen LogP contribution in [0.5, 0.6) is 0 Å². The molecule has 2 fully saturated rings. The minimum absolute atomic E-state index is 0.462. The van der Waals surface area contributed by atoms with Crippen LogP contribution in [0.1, 0.15) is 42.4 Å². The molecule has 2 aliphatic rings. The summed E-state index contributed by atoms with van der Waals surface area (Å²) in [5, 5.41) is 14.5. The number of piperidine rings is 1. The highest BCUT2D eigenvalue weighted by Gasteiger charge is 2.47. The molecule has 2 aliphatic heterocycles. The van der Waals surface area contributed by atoms with Gasteiger partial charge < -0.3 is 4.90 Å². The zero-order chi connectivity index (χ0) is 16.7. The van der Waals surface area contributed by atoms with Gasteiger partial charge in [0.1, 0.15) is 5.41 Å². The molecule has 24 heavy (non-hydrogen) atoms. The Labute approximate surface area is 152 Å². The number of nitrogens with zero attached hydrogens (tertiary/aromatic N) is 2. The average Bonchev–Trinajstić information content (AvgIpc) is 3.32. The monoisotopic (exact) mass is 356 g/mol. The number of hydrogen-bond acceptors (Lipinski definition) is 4. The zero-order valence-electron chi connectivity index (χ0n) is 14.3. The van der Waals surface area contributed by atoms with Gasteiger partial charge in [-0.2, -0.15) is 5.26 Å². The molecule has 2 nitrogen and oxygen atoms in total. The fraction of sp³-hybridized carbons (Fsp3) is 0.550. The topological polar surface area (TPSA) is 27.0 Å². The Morgan fingerprint density at radius 3 is 2.42 bits per heavy atom. The molecule has 0 N–H and O–H groups in total. The van der Waals surface area contributed by atoms with Crippen molar-refractivity contribution in [2.24, 2.45) is 11.8 Å². The molecule has 126 valence electrons. The summed E-state index contributed by atoms with van der Waals surface area (Å²) in [6, 6.07) is 12.7. The van der Waals surface area contributed by atoms with Crippen LogP contribution < -0.4 is 0 Å². The summed E-state index contributed by atoms with van der Waals surface area (Å²) in [4.78, 5) is 5.03. The van der Waals surface area contributed by atoms with Crippen LogP contribution in [-0.4, -0.2) is 24.0 Å². The maximum Gasteiger partial charge on any atom is 0.126 e. The van der Waals surface area contributed by atoms with Gasteiger partial charge in [-0.25, -0.2) is 0 Å². The van der Waals surface area contributed by atoms with E-state index in [0.717, 1.165) is 12.5 Å². The SMILES string of the molecule is CC1C(CC(C#N)(c2cccs2)c2cccs2)CC2CCC1N2C. The smallest absolute Gasteiger partial charge is 0.126 e. The Bertz CT molecular complexity index is 679. The van der Waals surface area contributed by atoms with E-state index in [1.165, 1.54) is 29.0 Å².